The van der Waals surface area contributed by atoms with E-state index in [2.05, 4.69) is 17.2 Å². The van der Waals surface area contributed by atoms with Gasteiger partial charge in [-0.1, -0.05) is 20.3 Å². The molecule has 0 aromatic carbocycles. The van der Waals surface area contributed by atoms with E-state index in [9.17, 15) is 17.6 Å². The molecule has 19 heavy (non-hydrogen) atoms. The Kier molecular flexibility index (Phi) is 3.96. The number of anilines is 1. The highest BCUT2D eigenvalue weighted by atomic mass is 19.2. The first-order valence-electron chi connectivity index (χ1n) is 6.42. The summed E-state index contributed by atoms with van der Waals surface area (Å²) in [7, 11) is 0. The predicted octanol–water partition coefficient (Wildman–Crippen LogP) is 3.87. The van der Waals surface area contributed by atoms with E-state index in [1.54, 1.807) is 0 Å². The topological polar surface area (TPSA) is 24.9 Å². The van der Waals surface area contributed by atoms with Crippen LogP contribution in [-0.4, -0.2) is 11.0 Å². The molecule has 1 aliphatic rings. The molecular formula is C13H16F4N2. The summed E-state index contributed by atoms with van der Waals surface area (Å²) >= 11 is 0. The molecule has 0 radical (unpaired) electrons. The molecule has 0 amide bonds. The van der Waals surface area contributed by atoms with Crippen LogP contribution in [0.2, 0.25) is 0 Å². The normalized spacial score (nSPS) is 26.7. The van der Waals surface area contributed by atoms with Gasteiger partial charge in [0.2, 0.25) is 11.6 Å². The molecule has 1 fully saturated rings. The second kappa shape index (κ2) is 5.35. The zero-order valence-corrected chi connectivity index (χ0v) is 10.8. The lowest BCUT2D eigenvalue weighted by Gasteiger charge is -2.22. The van der Waals surface area contributed by atoms with Crippen LogP contribution in [0.1, 0.15) is 33.1 Å². The van der Waals surface area contributed by atoms with E-state index in [0.717, 1.165) is 19.3 Å². The van der Waals surface area contributed by atoms with Crippen molar-refractivity contribution in [2.24, 2.45) is 11.8 Å². The van der Waals surface area contributed by atoms with Crippen molar-refractivity contribution in [2.45, 2.75) is 39.2 Å². The van der Waals surface area contributed by atoms with Gasteiger partial charge in [0, 0.05) is 6.04 Å². The SMILES string of the molecule is CCC1CCC(Nc2c(F)c(F)nc(F)c2F)C1C. The number of nitrogens with zero attached hydrogens (tertiary/aromatic N) is 1. The van der Waals surface area contributed by atoms with Crippen LogP contribution < -0.4 is 5.32 Å². The largest absolute Gasteiger partial charge is 0.377 e. The second-order valence-corrected chi connectivity index (χ2v) is 5.05. The third-order valence-corrected chi connectivity index (χ3v) is 4.08. The van der Waals surface area contributed by atoms with Gasteiger partial charge in [-0.05, 0) is 24.7 Å². The van der Waals surface area contributed by atoms with Gasteiger partial charge in [-0.25, -0.2) is 0 Å². The molecule has 3 atom stereocenters. The third kappa shape index (κ3) is 2.53. The number of rotatable bonds is 3. The summed E-state index contributed by atoms with van der Waals surface area (Å²) < 4.78 is 53.0. The van der Waals surface area contributed by atoms with E-state index in [4.69, 9.17) is 0 Å². The molecule has 1 heterocycles. The molecule has 2 nitrogen and oxygen atoms in total. The van der Waals surface area contributed by atoms with Gasteiger partial charge >= 0.3 is 0 Å². The molecule has 2 rings (SSSR count). The Morgan fingerprint density at radius 3 is 2.16 bits per heavy atom. The molecule has 6 heteroatoms. The Morgan fingerprint density at radius 2 is 1.68 bits per heavy atom. The Bertz CT molecular complexity index is 452. The predicted molar refractivity (Wildman–Crippen MR) is 63.7 cm³/mol. The smallest absolute Gasteiger partial charge is 0.253 e. The summed E-state index contributed by atoms with van der Waals surface area (Å²) in [5.74, 6) is -5.53. The van der Waals surface area contributed by atoms with Gasteiger partial charge in [0.15, 0.2) is 0 Å². The Balaban J connectivity index is 2.25. The molecule has 0 bridgehead atoms. The zero-order valence-electron chi connectivity index (χ0n) is 10.8. The van der Waals surface area contributed by atoms with Crippen molar-refractivity contribution in [3.8, 4) is 0 Å². The second-order valence-electron chi connectivity index (χ2n) is 5.05. The van der Waals surface area contributed by atoms with Crippen LogP contribution in [0.3, 0.4) is 0 Å². The summed E-state index contributed by atoms with van der Waals surface area (Å²) in [6.45, 7) is 4.03. The quantitative estimate of drug-likeness (QED) is 0.669. The van der Waals surface area contributed by atoms with Crippen LogP contribution in [0.15, 0.2) is 0 Å². The molecule has 3 unspecified atom stereocenters. The molecule has 1 aromatic rings. The van der Waals surface area contributed by atoms with Crippen molar-refractivity contribution < 1.29 is 17.6 Å². The maximum Gasteiger partial charge on any atom is 0.253 e. The maximum atomic E-state index is 13.5. The fraction of sp³-hybridized carbons (Fsp3) is 0.615. The van der Waals surface area contributed by atoms with Crippen LogP contribution >= 0.6 is 0 Å². The number of pyridine rings is 1. The first-order chi connectivity index (χ1) is 8.95. The van der Waals surface area contributed by atoms with Crippen molar-refractivity contribution in [3.63, 3.8) is 0 Å². The van der Waals surface area contributed by atoms with Crippen LogP contribution in [0, 0.1) is 35.4 Å². The highest BCUT2D eigenvalue weighted by Gasteiger charge is 2.33. The number of hydrogen-bond donors (Lipinski definition) is 1. The molecule has 1 aliphatic carbocycles. The summed E-state index contributed by atoms with van der Waals surface area (Å²) in [6, 6.07) is -0.185. The molecule has 106 valence electrons. The number of halogens is 4. The minimum absolute atomic E-state index is 0.185. The van der Waals surface area contributed by atoms with Gasteiger partial charge in [0.25, 0.3) is 11.9 Å². The van der Waals surface area contributed by atoms with Crippen molar-refractivity contribution in [1.82, 2.24) is 4.98 Å². The van der Waals surface area contributed by atoms with Crippen molar-refractivity contribution in [1.29, 1.82) is 0 Å². The molecule has 0 aliphatic heterocycles. The van der Waals surface area contributed by atoms with E-state index >= 15 is 0 Å². The lowest BCUT2D eigenvalue weighted by Crippen LogP contribution is -2.26. The Hall–Kier alpha value is -1.33. The molecule has 1 saturated carbocycles. The molecule has 0 saturated heterocycles. The summed E-state index contributed by atoms with van der Waals surface area (Å²) in [6.07, 6.45) is 2.64. The molecule has 0 spiro atoms. The Morgan fingerprint density at radius 1 is 1.11 bits per heavy atom. The van der Waals surface area contributed by atoms with E-state index in [0.29, 0.717) is 5.92 Å². The van der Waals surface area contributed by atoms with Crippen molar-refractivity contribution in [2.75, 3.05) is 5.32 Å². The van der Waals surface area contributed by atoms with E-state index in [1.807, 2.05) is 6.92 Å². The lowest BCUT2D eigenvalue weighted by atomic mass is 9.93. The van der Waals surface area contributed by atoms with Crippen molar-refractivity contribution in [3.05, 3.63) is 23.5 Å². The van der Waals surface area contributed by atoms with Gasteiger partial charge in [0.05, 0.1) is 0 Å². The van der Waals surface area contributed by atoms with Crippen molar-refractivity contribution >= 4 is 5.69 Å². The van der Waals surface area contributed by atoms with Gasteiger partial charge in [0.1, 0.15) is 5.69 Å². The average Bonchev–Trinajstić information content (AvgIpc) is 2.73. The first kappa shape index (κ1) is 14.1. The fourth-order valence-corrected chi connectivity index (χ4v) is 2.83. The third-order valence-electron chi connectivity index (χ3n) is 4.08. The van der Waals surface area contributed by atoms with Gasteiger partial charge < -0.3 is 5.32 Å². The van der Waals surface area contributed by atoms with Crippen LogP contribution in [-0.2, 0) is 0 Å². The van der Waals surface area contributed by atoms with Crippen LogP contribution in [0.4, 0.5) is 23.2 Å². The minimum Gasteiger partial charge on any atom is -0.377 e. The highest BCUT2D eigenvalue weighted by Crippen LogP contribution is 2.36. The van der Waals surface area contributed by atoms with Crippen LogP contribution in [0.5, 0.6) is 0 Å². The van der Waals surface area contributed by atoms with Gasteiger partial charge in [-0.15, -0.1) is 0 Å². The number of aromatic nitrogens is 1. The fourth-order valence-electron chi connectivity index (χ4n) is 2.83. The molecule has 1 N–H and O–H groups in total. The Labute approximate surface area is 109 Å². The maximum absolute atomic E-state index is 13.5. The highest BCUT2D eigenvalue weighted by molar-refractivity contribution is 5.46. The van der Waals surface area contributed by atoms with E-state index in [1.165, 1.54) is 0 Å². The summed E-state index contributed by atoms with van der Waals surface area (Å²) in [4.78, 5) is 2.53. The minimum atomic E-state index is -1.63. The number of nitrogens with one attached hydrogen (secondary N) is 1. The molecule has 1 aromatic heterocycles. The first-order valence-corrected chi connectivity index (χ1v) is 6.42. The van der Waals surface area contributed by atoms with Crippen LogP contribution in [0.25, 0.3) is 0 Å². The monoisotopic (exact) mass is 276 g/mol. The van der Waals surface area contributed by atoms with Gasteiger partial charge in [-0.3, -0.25) is 0 Å². The van der Waals surface area contributed by atoms with E-state index in [-0.39, 0.29) is 12.0 Å². The lowest BCUT2D eigenvalue weighted by molar-refractivity contribution is 0.384. The zero-order chi connectivity index (χ0) is 14.2. The van der Waals surface area contributed by atoms with Gasteiger partial charge in [-0.2, -0.15) is 22.5 Å². The summed E-state index contributed by atoms with van der Waals surface area (Å²) in [5.41, 5.74) is -0.751. The van der Waals surface area contributed by atoms with E-state index < -0.39 is 29.2 Å². The average molecular weight is 276 g/mol. The number of hydrogen-bond acceptors (Lipinski definition) is 2. The molecular weight excluding hydrogens is 260 g/mol. The summed E-state index contributed by atoms with van der Waals surface area (Å²) in [5, 5.41) is 2.60. The standard InChI is InChI=1S/C13H16F4N2/c1-3-7-4-5-8(6(7)2)18-11-9(14)12(16)19-13(17)10(11)15/h6-8H,3-5H2,1-2H3,(H,18,19).